The minimum absolute atomic E-state index is 0.195. The summed E-state index contributed by atoms with van der Waals surface area (Å²) in [6.45, 7) is 2.51. The van der Waals surface area contributed by atoms with Crippen LogP contribution in [0, 0.1) is 0 Å². The van der Waals surface area contributed by atoms with Crippen molar-refractivity contribution in [2.24, 2.45) is 0 Å². The summed E-state index contributed by atoms with van der Waals surface area (Å²) in [5, 5.41) is 5.11. The number of hydrogen-bond donors (Lipinski definition) is 2. The Morgan fingerprint density at radius 3 is 2.76 bits per heavy atom. The zero-order valence-electron chi connectivity index (χ0n) is 18.2. The van der Waals surface area contributed by atoms with Gasteiger partial charge in [0.25, 0.3) is 0 Å². The molecule has 1 saturated heterocycles. The lowest BCUT2D eigenvalue weighted by Gasteiger charge is -2.30. The lowest BCUT2D eigenvalue weighted by Crippen LogP contribution is -2.33. The van der Waals surface area contributed by atoms with Crippen LogP contribution >= 0.6 is 22.9 Å². The Balaban J connectivity index is 1.24. The molecule has 0 aliphatic carbocycles. The number of rotatable bonds is 6. The second-order valence-corrected chi connectivity index (χ2v) is 9.47. The van der Waals surface area contributed by atoms with Gasteiger partial charge in [-0.3, -0.25) is 4.90 Å². The molecule has 0 atom stereocenters. The summed E-state index contributed by atoms with van der Waals surface area (Å²) in [7, 11) is 1.63. The van der Waals surface area contributed by atoms with Crippen LogP contribution in [0.5, 0.6) is 5.75 Å². The number of hydrogen-bond acceptors (Lipinski definition) is 9. The van der Waals surface area contributed by atoms with E-state index in [0.717, 1.165) is 42.2 Å². The molecular formula is C23H24ClN7OS. The predicted octanol–water partition coefficient (Wildman–Crippen LogP) is 4.85. The van der Waals surface area contributed by atoms with E-state index in [1.165, 1.54) is 9.71 Å². The second kappa shape index (κ2) is 9.46. The van der Waals surface area contributed by atoms with Crippen LogP contribution in [0.3, 0.4) is 0 Å². The number of nitrogens with zero attached hydrogens (tertiary/aromatic N) is 5. The average molecular weight is 482 g/mol. The molecule has 0 radical (unpaired) electrons. The molecule has 1 aliphatic rings. The maximum Gasteiger partial charge on any atom is 0.232 e. The number of nitrogen functional groups attached to an aromatic ring is 1. The molecule has 5 rings (SSSR count). The molecule has 33 heavy (non-hydrogen) atoms. The van der Waals surface area contributed by atoms with E-state index in [1.807, 2.05) is 36.4 Å². The topological polar surface area (TPSA) is 102 Å². The van der Waals surface area contributed by atoms with Gasteiger partial charge in [0, 0.05) is 10.9 Å². The molecular weight excluding hydrogens is 458 g/mol. The second-order valence-electron chi connectivity index (χ2n) is 7.97. The van der Waals surface area contributed by atoms with Crippen molar-refractivity contribution in [3.8, 4) is 5.75 Å². The van der Waals surface area contributed by atoms with Crippen molar-refractivity contribution in [1.82, 2.24) is 24.8 Å². The van der Waals surface area contributed by atoms with Crippen LogP contribution < -0.4 is 15.8 Å². The number of aromatic nitrogens is 4. The number of nitrogens with two attached hydrogens (primary N) is 1. The molecule has 8 nitrogen and oxygen atoms in total. The highest BCUT2D eigenvalue weighted by atomic mass is 35.5. The minimum atomic E-state index is 0.195. The highest BCUT2D eigenvalue weighted by molar-refractivity contribution is 7.18. The normalized spacial score (nSPS) is 15.1. The van der Waals surface area contributed by atoms with Crippen molar-refractivity contribution >= 4 is 50.7 Å². The molecule has 170 valence electrons. The van der Waals surface area contributed by atoms with Crippen LogP contribution in [0.1, 0.15) is 29.6 Å². The predicted molar refractivity (Wildman–Crippen MR) is 132 cm³/mol. The van der Waals surface area contributed by atoms with E-state index < -0.39 is 0 Å². The van der Waals surface area contributed by atoms with Crippen LogP contribution in [0.2, 0.25) is 5.02 Å². The number of halogens is 1. The van der Waals surface area contributed by atoms with Gasteiger partial charge in [-0.2, -0.15) is 15.0 Å². The number of piperidine rings is 1. The molecule has 1 aliphatic heterocycles. The number of para-hydroxylation sites is 2. The smallest absolute Gasteiger partial charge is 0.232 e. The van der Waals surface area contributed by atoms with Crippen molar-refractivity contribution in [3.63, 3.8) is 0 Å². The fourth-order valence-electron chi connectivity index (χ4n) is 4.06. The fourth-order valence-corrected chi connectivity index (χ4v) is 5.35. The summed E-state index contributed by atoms with van der Waals surface area (Å²) in [6.07, 6.45) is 2.08. The van der Waals surface area contributed by atoms with Gasteiger partial charge >= 0.3 is 0 Å². The molecule has 3 N–H and O–H groups in total. The van der Waals surface area contributed by atoms with E-state index in [-0.39, 0.29) is 5.95 Å². The third-order valence-corrected chi connectivity index (χ3v) is 7.15. The zero-order chi connectivity index (χ0) is 22.8. The number of methoxy groups -OCH3 is 1. The maximum absolute atomic E-state index is 6.11. The fraction of sp³-hybridized carbons (Fsp3) is 0.304. The van der Waals surface area contributed by atoms with Gasteiger partial charge in [0.1, 0.15) is 11.6 Å². The number of benzene rings is 2. The van der Waals surface area contributed by atoms with Gasteiger partial charge in [-0.25, -0.2) is 4.98 Å². The van der Waals surface area contributed by atoms with Crippen molar-refractivity contribution < 1.29 is 4.74 Å². The van der Waals surface area contributed by atoms with Crippen molar-refractivity contribution in [1.29, 1.82) is 0 Å². The van der Waals surface area contributed by atoms with E-state index >= 15 is 0 Å². The number of fused-ring (bicyclic) bond motifs is 1. The lowest BCUT2D eigenvalue weighted by molar-refractivity contribution is 0.200. The van der Waals surface area contributed by atoms with Gasteiger partial charge in [0.2, 0.25) is 11.9 Å². The highest BCUT2D eigenvalue weighted by Crippen LogP contribution is 2.35. The Morgan fingerprint density at radius 2 is 1.94 bits per heavy atom. The molecule has 2 aromatic carbocycles. The quantitative estimate of drug-likeness (QED) is 0.403. The highest BCUT2D eigenvalue weighted by Gasteiger charge is 2.24. The third-order valence-electron chi connectivity index (χ3n) is 5.72. The molecule has 1 fully saturated rings. The van der Waals surface area contributed by atoms with Crippen LogP contribution in [-0.4, -0.2) is 45.0 Å². The average Bonchev–Trinajstić information content (AvgIpc) is 3.23. The molecule has 0 unspecified atom stereocenters. The minimum Gasteiger partial charge on any atom is -0.495 e. The number of anilines is 3. The van der Waals surface area contributed by atoms with Crippen molar-refractivity contribution in [2.75, 3.05) is 31.2 Å². The van der Waals surface area contributed by atoms with Crippen LogP contribution in [0.15, 0.2) is 42.5 Å². The molecule has 0 amide bonds. The van der Waals surface area contributed by atoms with E-state index in [2.05, 4.69) is 31.2 Å². The largest absolute Gasteiger partial charge is 0.495 e. The zero-order valence-corrected chi connectivity index (χ0v) is 19.7. The molecule has 10 heteroatoms. The Bertz CT molecular complexity index is 1270. The maximum atomic E-state index is 6.11. The first-order valence-corrected chi connectivity index (χ1v) is 12.0. The molecule has 2 aromatic heterocycles. The van der Waals surface area contributed by atoms with Crippen molar-refractivity contribution in [3.05, 3.63) is 58.3 Å². The number of nitrogens with one attached hydrogen (secondary N) is 1. The van der Waals surface area contributed by atoms with Gasteiger partial charge in [0.15, 0.2) is 0 Å². The Hall–Kier alpha value is -3.01. The van der Waals surface area contributed by atoms with E-state index in [0.29, 0.717) is 30.0 Å². The monoisotopic (exact) mass is 481 g/mol. The van der Waals surface area contributed by atoms with Gasteiger partial charge in [-0.05, 0) is 56.3 Å². The van der Waals surface area contributed by atoms with Crippen LogP contribution in [0.25, 0.3) is 10.2 Å². The first kappa shape index (κ1) is 21.8. The molecule has 0 saturated carbocycles. The summed E-state index contributed by atoms with van der Waals surface area (Å²) in [6, 6.07) is 13.5. The number of thiazole rings is 1. The van der Waals surface area contributed by atoms with Gasteiger partial charge in [-0.15, -0.1) is 11.3 Å². The standard InChI is InChI=1S/C23H24ClN7OS/c1-32-18-5-3-2-4-16(18)27-23-29-20(28-22(25)30-23)13-31-10-8-14(9-11-31)21-26-17-12-15(24)6-7-19(17)33-21/h2-7,12,14H,8-11,13H2,1H3,(H3,25,27,28,29,30). The third kappa shape index (κ3) is 5.00. The summed E-state index contributed by atoms with van der Waals surface area (Å²) in [5.74, 6) is 2.42. The molecule has 3 heterocycles. The van der Waals surface area contributed by atoms with Crippen molar-refractivity contribution in [2.45, 2.75) is 25.3 Å². The van der Waals surface area contributed by atoms with Gasteiger partial charge < -0.3 is 15.8 Å². The van der Waals surface area contributed by atoms with Gasteiger partial charge in [0.05, 0.1) is 34.6 Å². The Morgan fingerprint density at radius 1 is 1.12 bits per heavy atom. The van der Waals surface area contributed by atoms with Crippen LogP contribution in [0.4, 0.5) is 17.6 Å². The lowest BCUT2D eigenvalue weighted by atomic mass is 9.97. The van der Waals surface area contributed by atoms with E-state index in [4.69, 9.17) is 27.1 Å². The van der Waals surface area contributed by atoms with E-state index in [9.17, 15) is 0 Å². The Labute approximate surface area is 200 Å². The summed E-state index contributed by atoms with van der Waals surface area (Å²) in [5.41, 5.74) is 7.73. The number of likely N-dealkylation sites (tertiary alicyclic amines) is 1. The SMILES string of the molecule is COc1ccccc1Nc1nc(N)nc(CN2CCC(c3nc4cc(Cl)ccc4s3)CC2)n1. The van der Waals surface area contributed by atoms with Gasteiger partial charge in [-0.1, -0.05) is 23.7 Å². The number of ether oxygens (including phenoxy) is 1. The van der Waals surface area contributed by atoms with Crippen LogP contribution in [-0.2, 0) is 6.54 Å². The summed E-state index contributed by atoms with van der Waals surface area (Å²) < 4.78 is 6.57. The first-order chi connectivity index (χ1) is 16.1. The summed E-state index contributed by atoms with van der Waals surface area (Å²) in [4.78, 5) is 20.3. The summed E-state index contributed by atoms with van der Waals surface area (Å²) >= 11 is 7.88. The molecule has 0 spiro atoms. The molecule has 4 aromatic rings. The Kier molecular flexibility index (Phi) is 6.26. The van der Waals surface area contributed by atoms with E-state index in [1.54, 1.807) is 18.4 Å². The molecule has 0 bridgehead atoms. The first-order valence-electron chi connectivity index (χ1n) is 10.8.